The number of amides is 3. The van der Waals surface area contributed by atoms with Crippen molar-refractivity contribution >= 4 is 17.7 Å². The van der Waals surface area contributed by atoms with Crippen LogP contribution in [0, 0.1) is 0 Å². The molecule has 6 nitrogen and oxygen atoms in total. The van der Waals surface area contributed by atoms with Gasteiger partial charge in [-0.3, -0.25) is 14.5 Å². The number of urea groups is 1. The summed E-state index contributed by atoms with van der Waals surface area (Å²) < 4.78 is 29.0. The summed E-state index contributed by atoms with van der Waals surface area (Å²) in [5.41, 5.74) is 0.361. The molecule has 0 aliphatic carbocycles. The molecule has 164 valence electrons. The summed E-state index contributed by atoms with van der Waals surface area (Å²) in [6.07, 6.45) is 0. The Morgan fingerprint density at radius 1 is 1.06 bits per heavy atom. The SMILES string of the molecule is CC(C)(C)c1ccc(C(=O)CN2C(=O)NC(C)(c3ccc(OC(F)F)cc3)C2=O)cc1. The smallest absolute Gasteiger partial charge is 0.387 e. The average Bonchev–Trinajstić information content (AvgIpc) is 2.91. The minimum Gasteiger partial charge on any atom is -0.435 e. The zero-order chi connectivity index (χ0) is 23.0. The first-order chi connectivity index (χ1) is 14.4. The molecule has 0 aromatic heterocycles. The number of hydrogen-bond donors (Lipinski definition) is 1. The fourth-order valence-electron chi connectivity index (χ4n) is 3.40. The Bertz CT molecular complexity index is 998. The Kier molecular flexibility index (Phi) is 5.85. The number of halogens is 2. The number of imide groups is 1. The molecule has 3 amide bonds. The molecule has 8 heteroatoms. The monoisotopic (exact) mass is 430 g/mol. The van der Waals surface area contributed by atoms with Crippen molar-refractivity contribution in [3.8, 4) is 5.75 Å². The fourth-order valence-corrected chi connectivity index (χ4v) is 3.40. The number of ketones is 1. The summed E-state index contributed by atoms with van der Waals surface area (Å²) in [6, 6.07) is 11.8. The van der Waals surface area contributed by atoms with Gasteiger partial charge in [0.2, 0.25) is 0 Å². The Labute approximate surface area is 179 Å². The summed E-state index contributed by atoms with van der Waals surface area (Å²) in [5, 5.41) is 2.59. The van der Waals surface area contributed by atoms with Crippen LogP contribution in [-0.2, 0) is 15.7 Å². The van der Waals surface area contributed by atoms with Gasteiger partial charge >= 0.3 is 12.6 Å². The molecule has 1 aliphatic rings. The van der Waals surface area contributed by atoms with Crippen LogP contribution in [0.3, 0.4) is 0 Å². The summed E-state index contributed by atoms with van der Waals surface area (Å²) in [5.74, 6) is -1.03. The molecule has 1 atom stereocenters. The van der Waals surface area contributed by atoms with E-state index < -0.39 is 30.6 Å². The Balaban J connectivity index is 1.76. The topological polar surface area (TPSA) is 75.7 Å². The second-order valence-corrected chi connectivity index (χ2v) is 8.60. The third-order valence-corrected chi connectivity index (χ3v) is 5.31. The van der Waals surface area contributed by atoms with E-state index in [9.17, 15) is 23.2 Å². The molecule has 1 saturated heterocycles. The predicted octanol–water partition coefficient (Wildman–Crippen LogP) is 4.24. The molecule has 31 heavy (non-hydrogen) atoms. The van der Waals surface area contributed by atoms with Crippen molar-refractivity contribution in [3.63, 3.8) is 0 Å². The maximum absolute atomic E-state index is 13.0. The molecule has 0 radical (unpaired) electrons. The van der Waals surface area contributed by atoms with Crippen molar-refractivity contribution in [2.24, 2.45) is 0 Å². The summed E-state index contributed by atoms with van der Waals surface area (Å²) in [6.45, 7) is 4.31. The first kappa shape index (κ1) is 22.4. The van der Waals surface area contributed by atoms with Crippen LogP contribution in [0.25, 0.3) is 0 Å². The molecule has 1 heterocycles. The van der Waals surface area contributed by atoms with Gasteiger partial charge in [-0.25, -0.2) is 4.79 Å². The highest BCUT2D eigenvalue weighted by molar-refractivity contribution is 6.11. The Morgan fingerprint density at radius 3 is 2.16 bits per heavy atom. The number of nitrogens with zero attached hydrogens (tertiary/aromatic N) is 1. The van der Waals surface area contributed by atoms with Crippen molar-refractivity contribution < 1.29 is 27.9 Å². The molecular formula is C23H24F2N2O4. The zero-order valence-corrected chi connectivity index (χ0v) is 17.7. The van der Waals surface area contributed by atoms with E-state index in [4.69, 9.17) is 0 Å². The summed E-state index contributed by atoms with van der Waals surface area (Å²) in [7, 11) is 0. The molecule has 2 aromatic carbocycles. The largest absolute Gasteiger partial charge is 0.435 e. The van der Waals surface area contributed by atoms with Gasteiger partial charge in [-0.2, -0.15) is 8.78 Å². The van der Waals surface area contributed by atoms with Gasteiger partial charge in [0, 0.05) is 5.56 Å². The lowest BCUT2D eigenvalue weighted by molar-refractivity contribution is -0.130. The first-order valence-electron chi connectivity index (χ1n) is 9.75. The fraction of sp³-hybridized carbons (Fsp3) is 0.348. The van der Waals surface area contributed by atoms with E-state index in [0.29, 0.717) is 11.1 Å². The van der Waals surface area contributed by atoms with Crippen molar-refractivity contribution in [2.45, 2.75) is 45.3 Å². The molecule has 1 aliphatic heterocycles. The molecule has 1 unspecified atom stereocenters. The standard InChI is InChI=1S/C23H24F2N2O4/c1-22(2,3)15-7-5-14(6-8-15)18(28)13-27-19(29)23(4,26-21(27)30)16-9-11-17(12-10-16)31-20(24)25/h5-12,20H,13H2,1-4H3,(H,26,30). The summed E-state index contributed by atoms with van der Waals surface area (Å²) >= 11 is 0. The number of benzene rings is 2. The minimum absolute atomic E-state index is 0.0649. The number of carbonyl (C=O) groups is 3. The van der Waals surface area contributed by atoms with Gasteiger partial charge in [0.15, 0.2) is 5.78 Å². The minimum atomic E-state index is -2.96. The van der Waals surface area contributed by atoms with Crippen molar-refractivity contribution in [1.29, 1.82) is 0 Å². The van der Waals surface area contributed by atoms with Crippen molar-refractivity contribution in [3.05, 3.63) is 65.2 Å². The van der Waals surface area contributed by atoms with Crippen LogP contribution in [-0.4, -0.2) is 35.8 Å². The highest BCUT2D eigenvalue weighted by Gasteiger charge is 2.49. The molecule has 2 aromatic rings. The number of alkyl halides is 2. The van der Waals surface area contributed by atoms with E-state index in [0.717, 1.165) is 10.5 Å². The van der Waals surface area contributed by atoms with E-state index in [-0.39, 0.29) is 16.9 Å². The van der Waals surface area contributed by atoms with E-state index >= 15 is 0 Å². The van der Waals surface area contributed by atoms with Crippen LogP contribution in [0.15, 0.2) is 48.5 Å². The van der Waals surface area contributed by atoms with Gasteiger partial charge in [-0.1, -0.05) is 57.2 Å². The molecule has 3 rings (SSSR count). The lowest BCUT2D eigenvalue weighted by atomic mass is 9.86. The van der Waals surface area contributed by atoms with Gasteiger partial charge in [-0.15, -0.1) is 0 Å². The summed E-state index contributed by atoms with van der Waals surface area (Å²) in [4.78, 5) is 39.0. The van der Waals surface area contributed by atoms with Crippen LogP contribution >= 0.6 is 0 Å². The number of hydrogen-bond acceptors (Lipinski definition) is 4. The number of Topliss-reactive ketones (excluding diaryl/α,β-unsaturated/α-hetero) is 1. The molecule has 0 spiro atoms. The van der Waals surface area contributed by atoms with Crippen LogP contribution < -0.4 is 10.1 Å². The number of ether oxygens (including phenoxy) is 1. The van der Waals surface area contributed by atoms with E-state index in [2.05, 4.69) is 30.8 Å². The molecule has 1 fully saturated rings. The number of carbonyl (C=O) groups excluding carboxylic acids is 3. The Hall–Kier alpha value is -3.29. The number of nitrogens with one attached hydrogen (secondary N) is 1. The van der Waals surface area contributed by atoms with Crippen LogP contribution in [0.5, 0.6) is 5.75 Å². The predicted molar refractivity (Wildman–Crippen MR) is 110 cm³/mol. The lowest BCUT2D eigenvalue weighted by Gasteiger charge is -2.22. The average molecular weight is 430 g/mol. The second-order valence-electron chi connectivity index (χ2n) is 8.60. The lowest BCUT2D eigenvalue weighted by Crippen LogP contribution is -2.41. The van der Waals surface area contributed by atoms with Gasteiger partial charge in [0.25, 0.3) is 5.91 Å². The highest BCUT2D eigenvalue weighted by atomic mass is 19.3. The van der Waals surface area contributed by atoms with Gasteiger partial charge in [0.1, 0.15) is 11.3 Å². The van der Waals surface area contributed by atoms with Crippen LogP contribution in [0.4, 0.5) is 13.6 Å². The van der Waals surface area contributed by atoms with Gasteiger partial charge in [0.05, 0.1) is 6.54 Å². The maximum Gasteiger partial charge on any atom is 0.387 e. The van der Waals surface area contributed by atoms with Gasteiger partial charge in [-0.05, 0) is 35.6 Å². The Morgan fingerprint density at radius 2 is 1.65 bits per heavy atom. The molecular weight excluding hydrogens is 406 g/mol. The normalized spacial score (nSPS) is 19.0. The highest BCUT2D eigenvalue weighted by Crippen LogP contribution is 2.30. The third-order valence-electron chi connectivity index (χ3n) is 5.31. The van der Waals surface area contributed by atoms with E-state index in [1.165, 1.54) is 31.2 Å². The van der Waals surface area contributed by atoms with Gasteiger partial charge < -0.3 is 10.1 Å². The van der Waals surface area contributed by atoms with E-state index in [1.54, 1.807) is 12.1 Å². The maximum atomic E-state index is 13.0. The first-order valence-corrected chi connectivity index (χ1v) is 9.75. The molecule has 0 bridgehead atoms. The van der Waals surface area contributed by atoms with Crippen LogP contribution in [0.2, 0.25) is 0 Å². The van der Waals surface area contributed by atoms with Crippen molar-refractivity contribution in [2.75, 3.05) is 6.54 Å². The van der Waals surface area contributed by atoms with E-state index in [1.807, 2.05) is 12.1 Å². The molecule has 0 saturated carbocycles. The quantitative estimate of drug-likeness (QED) is 0.550. The van der Waals surface area contributed by atoms with Crippen molar-refractivity contribution in [1.82, 2.24) is 10.2 Å². The molecule has 1 N–H and O–H groups in total. The third kappa shape index (κ3) is 4.57. The zero-order valence-electron chi connectivity index (χ0n) is 17.7. The van der Waals surface area contributed by atoms with Crippen LogP contribution in [0.1, 0.15) is 49.2 Å². The number of rotatable bonds is 6. The second kappa shape index (κ2) is 8.09.